The van der Waals surface area contributed by atoms with E-state index in [1.54, 1.807) is 42.5 Å². The zero-order chi connectivity index (χ0) is 31.0. The molecular weight excluding hydrogens is 625 g/mol. The van der Waals surface area contributed by atoms with Gasteiger partial charge in [0.2, 0.25) is 5.91 Å². The summed E-state index contributed by atoms with van der Waals surface area (Å²) in [4.78, 5) is 53.8. The molecule has 1 saturated heterocycles. The monoisotopic (exact) mass is 659 g/mol. The largest absolute Gasteiger partial charge is 0.467 e. The highest BCUT2D eigenvalue weighted by Gasteiger charge is 2.54. The number of amides is 3. The topological polar surface area (TPSA) is 114 Å². The molecule has 9 nitrogen and oxygen atoms in total. The molecule has 0 aromatic heterocycles. The van der Waals surface area contributed by atoms with Crippen molar-refractivity contribution in [1.82, 2.24) is 10.2 Å². The van der Waals surface area contributed by atoms with Gasteiger partial charge in [-0.25, -0.2) is 9.59 Å². The molecule has 2 aromatic rings. The molecule has 12 heteroatoms. The van der Waals surface area contributed by atoms with Crippen LogP contribution in [-0.4, -0.2) is 65.2 Å². The summed E-state index contributed by atoms with van der Waals surface area (Å²) in [7, 11) is 1.26. The van der Waals surface area contributed by atoms with E-state index in [1.165, 1.54) is 43.0 Å². The third-order valence-corrected chi connectivity index (χ3v) is 11.0. The minimum Gasteiger partial charge on any atom is -0.467 e. The first-order valence-corrected chi connectivity index (χ1v) is 16.8. The Morgan fingerprint density at radius 1 is 0.977 bits per heavy atom. The number of methoxy groups -OCH3 is 1. The highest BCUT2D eigenvalue weighted by Crippen LogP contribution is 2.57. The number of halogens is 2. The van der Waals surface area contributed by atoms with E-state index in [0.29, 0.717) is 35.1 Å². The molecule has 2 atom stereocenters. The summed E-state index contributed by atoms with van der Waals surface area (Å²) in [5.74, 6) is 1.20. The maximum atomic E-state index is 13.5. The zero-order valence-corrected chi connectivity index (χ0v) is 26.7. The molecule has 0 radical (unpaired) electrons. The molecule has 1 heterocycles. The Hall–Kier alpha value is -2.95. The fourth-order valence-electron chi connectivity index (χ4n) is 7.71. The Kier molecular flexibility index (Phi) is 9.04. The van der Waals surface area contributed by atoms with Gasteiger partial charge in [0, 0.05) is 17.9 Å². The van der Waals surface area contributed by atoms with Crippen molar-refractivity contribution in [3.63, 3.8) is 0 Å². The van der Waals surface area contributed by atoms with Crippen LogP contribution in [0.3, 0.4) is 0 Å². The van der Waals surface area contributed by atoms with Crippen LogP contribution in [0.2, 0.25) is 10.0 Å². The fraction of sp³-hybridized carbons (Fsp3) is 0.500. The maximum absolute atomic E-state index is 13.5. The van der Waals surface area contributed by atoms with Crippen LogP contribution in [0.15, 0.2) is 42.5 Å². The van der Waals surface area contributed by atoms with Crippen molar-refractivity contribution in [2.45, 2.75) is 62.6 Å². The van der Waals surface area contributed by atoms with E-state index in [0.717, 1.165) is 24.8 Å². The molecule has 4 aliphatic carbocycles. The Bertz CT molecular complexity index is 1400. The quantitative estimate of drug-likeness (QED) is 0.338. The van der Waals surface area contributed by atoms with Gasteiger partial charge in [-0.3, -0.25) is 14.5 Å². The molecule has 3 amide bonds. The van der Waals surface area contributed by atoms with E-state index in [-0.39, 0.29) is 22.0 Å². The second-order valence-corrected chi connectivity index (χ2v) is 14.3. The number of nitrogens with one attached hydrogen (secondary N) is 2. The summed E-state index contributed by atoms with van der Waals surface area (Å²) in [6.45, 7) is 0. The van der Waals surface area contributed by atoms with Crippen LogP contribution in [0.1, 0.15) is 54.4 Å². The lowest BCUT2D eigenvalue weighted by Crippen LogP contribution is -2.56. The Morgan fingerprint density at radius 3 is 2.18 bits per heavy atom. The smallest absolute Gasteiger partial charge is 0.411 e. The molecule has 5 fully saturated rings. The van der Waals surface area contributed by atoms with Crippen LogP contribution in [0.5, 0.6) is 0 Å². The molecule has 234 valence electrons. The van der Waals surface area contributed by atoms with E-state index in [4.69, 9.17) is 32.7 Å². The number of benzene rings is 2. The van der Waals surface area contributed by atoms with Crippen molar-refractivity contribution in [2.24, 2.45) is 17.8 Å². The minimum atomic E-state index is -0.971. The van der Waals surface area contributed by atoms with Crippen molar-refractivity contribution in [3.05, 3.63) is 63.6 Å². The van der Waals surface area contributed by atoms with Gasteiger partial charge >= 0.3 is 12.1 Å². The second-order valence-electron chi connectivity index (χ2n) is 12.5. The second kappa shape index (κ2) is 12.8. The van der Waals surface area contributed by atoms with E-state index >= 15 is 0 Å². The van der Waals surface area contributed by atoms with Gasteiger partial charge < -0.3 is 20.1 Å². The minimum absolute atomic E-state index is 0.153. The third kappa shape index (κ3) is 6.53. The first-order chi connectivity index (χ1) is 21.1. The Morgan fingerprint density at radius 2 is 1.59 bits per heavy atom. The highest BCUT2D eigenvalue weighted by molar-refractivity contribution is 7.99. The first kappa shape index (κ1) is 31.0. The van der Waals surface area contributed by atoms with Crippen molar-refractivity contribution in [2.75, 3.05) is 24.1 Å². The lowest BCUT2D eigenvalue weighted by molar-refractivity contribution is -0.146. The number of hydrogen-bond acceptors (Lipinski definition) is 7. The summed E-state index contributed by atoms with van der Waals surface area (Å²) < 4.78 is 11.2. The van der Waals surface area contributed by atoms with Crippen molar-refractivity contribution >= 4 is 64.5 Å². The molecule has 2 aromatic carbocycles. The first-order valence-electron chi connectivity index (χ1n) is 14.9. The van der Waals surface area contributed by atoms with Crippen LogP contribution >= 0.6 is 35.0 Å². The van der Waals surface area contributed by atoms with Gasteiger partial charge in [-0.05, 0) is 86.1 Å². The number of carbonyl (C=O) groups excluding carboxylic acids is 4. The Labute approximate surface area is 270 Å². The number of hydrogen-bond donors (Lipinski definition) is 2. The maximum Gasteiger partial charge on any atom is 0.411 e. The summed E-state index contributed by atoms with van der Waals surface area (Å²) in [6, 6.07) is 9.96. The summed E-state index contributed by atoms with van der Waals surface area (Å²) in [5, 5.41) is 6.05. The molecule has 4 saturated carbocycles. The molecular formula is C32H35Cl2N3O6S. The average molecular weight is 661 g/mol. The lowest BCUT2D eigenvalue weighted by atomic mass is 9.54. The van der Waals surface area contributed by atoms with Crippen LogP contribution in [0.4, 0.5) is 10.5 Å². The highest BCUT2D eigenvalue weighted by atomic mass is 35.5. The third-order valence-electron chi connectivity index (χ3n) is 9.35. The van der Waals surface area contributed by atoms with E-state index < -0.39 is 41.6 Å². The molecule has 0 spiro atoms. The number of thioether (sulfide) groups is 1. The standard InChI is InChI=1S/C32H35Cl2N3O6S/c1-42-30(40)25(12-18-5-7-22(8-6-18)35-29(39)27-23(33)3-2-4-24(27)34)36-28(38)26-16-44-17-37(26)31(41)43-32-13-19-9-20(14-32)11-21(10-19)15-32/h2-8,19-21,25-26H,9-17H2,1H3,(H,35,39)(H,36,38). The normalized spacial score (nSPS) is 27.5. The van der Waals surface area contributed by atoms with Gasteiger partial charge in [0.25, 0.3) is 5.91 Å². The molecule has 5 aliphatic rings. The van der Waals surface area contributed by atoms with Gasteiger partial charge in [-0.2, -0.15) is 0 Å². The molecule has 2 unspecified atom stereocenters. The molecule has 1 aliphatic heterocycles. The van der Waals surface area contributed by atoms with E-state index in [1.807, 2.05) is 0 Å². The number of carbonyl (C=O) groups is 4. The summed E-state index contributed by atoms with van der Waals surface area (Å²) >= 11 is 13.8. The predicted molar refractivity (Wildman–Crippen MR) is 169 cm³/mol. The van der Waals surface area contributed by atoms with Crippen LogP contribution in [0, 0.1) is 17.8 Å². The molecule has 4 bridgehead atoms. The zero-order valence-electron chi connectivity index (χ0n) is 24.4. The van der Waals surface area contributed by atoms with Gasteiger partial charge in [0.15, 0.2) is 0 Å². The van der Waals surface area contributed by atoms with E-state index in [2.05, 4.69) is 10.6 Å². The van der Waals surface area contributed by atoms with E-state index in [9.17, 15) is 19.2 Å². The molecule has 2 N–H and O–H groups in total. The number of nitrogens with zero attached hydrogens (tertiary/aromatic N) is 1. The van der Waals surface area contributed by atoms with Gasteiger partial charge in [-0.1, -0.05) is 41.4 Å². The molecule has 44 heavy (non-hydrogen) atoms. The van der Waals surface area contributed by atoms with Gasteiger partial charge in [-0.15, -0.1) is 11.8 Å². The Balaban J connectivity index is 1.08. The number of ether oxygens (including phenoxy) is 2. The average Bonchev–Trinajstić information content (AvgIpc) is 3.47. The van der Waals surface area contributed by atoms with Crippen LogP contribution < -0.4 is 10.6 Å². The fourth-order valence-corrected chi connectivity index (χ4v) is 9.42. The van der Waals surface area contributed by atoms with Crippen LogP contribution in [-0.2, 0) is 25.5 Å². The van der Waals surface area contributed by atoms with Gasteiger partial charge in [0.05, 0.1) is 28.6 Å². The SMILES string of the molecule is COC(=O)C(Cc1ccc(NC(=O)c2c(Cl)cccc2Cl)cc1)NC(=O)C1CSCN1C(=O)OC12CC3CC(CC(C3)C1)C2. The van der Waals surface area contributed by atoms with Crippen LogP contribution in [0.25, 0.3) is 0 Å². The van der Waals surface area contributed by atoms with Crippen molar-refractivity contribution in [3.8, 4) is 0 Å². The summed E-state index contributed by atoms with van der Waals surface area (Å²) in [5.41, 5.74) is 1.01. The molecule has 7 rings (SSSR count). The lowest BCUT2D eigenvalue weighted by Gasteiger charge is -2.55. The number of esters is 1. The predicted octanol–water partition coefficient (Wildman–Crippen LogP) is 5.93. The summed E-state index contributed by atoms with van der Waals surface area (Å²) in [6.07, 6.45) is 6.19. The number of rotatable bonds is 8. The van der Waals surface area contributed by atoms with Crippen molar-refractivity contribution in [1.29, 1.82) is 0 Å². The number of anilines is 1. The van der Waals surface area contributed by atoms with Crippen molar-refractivity contribution < 1.29 is 28.7 Å². The van der Waals surface area contributed by atoms with Gasteiger partial charge in [0.1, 0.15) is 17.7 Å².